The topological polar surface area (TPSA) is 4.36 Å². The van der Waals surface area contributed by atoms with E-state index >= 15 is 0 Å². The van der Waals surface area contributed by atoms with Gasteiger partial charge in [-0.1, -0.05) is 55.1 Å². The molecule has 0 radical (unpaired) electrons. The lowest BCUT2D eigenvalue weighted by atomic mass is 9.95. The van der Waals surface area contributed by atoms with E-state index in [4.69, 9.17) is 6.57 Å². The molecule has 2 rings (SSSR count). The molecule has 0 aliphatic rings. The van der Waals surface area contributed by atoms with Crippen LogP contribution in [0.5, 0.6) is 0 Å². The smallest absolute Gasteiger partial charge is 0.194 e. The van der Waals surface area contributed by atoms with E-state index in [-0.39, 0.29) is 0 Å². The third kappa shape index (κ3) is 2.11. The summed E-state index contributed by atoms with van der Waals surface area (Å²) < 4.78 is 0. The summed E-state index contributed by atoms with van der Waals surface area (Å²) in [4.78, 5) is 3.54. The monoisotopic (exact) mass is 219 g/mol. The molecule has 82 valence electrons. The van der Waals surface area contributed by atoms with Gasteiger partial charge in [-0.2, -0.15) is 0 Å². The molecule has 0 bridgehead atoms. The van der Waals surface area contributed by atoms with E-state index in [1.807, 2.05) is 42.5 Å². The Labute approximate surface area is 102 Å². The Morgan fingerprint density at radius 1 is 1.00 bits per heavy atom. The van der Waals surface area contributed by atoms with E-state index in [2.05, 4.69) is 24.4 Å². The lowest BCUT2D eigenvalue weighted by Gasteiger charge is -2.10. The molecule has 0 N–H and O–H groups in total. The second-order valence-corrected chi connectivity index (χ2v) is 3.92. The van der Waals surface area contributed by atoms with Crippen molar-refractivity contribution in [2.75, 3.05) is 0 Å². The first kappa shape index (κ1) is 11.2. The van der Waals surface area contributed by atoms with Crippen LogP contribution in [0.3, 0.4) is 0 Å². The first-order valence-electron chi connectivity index (χ1n) is 5.46. The zero-order chi connectivity index (χ0) is 12.3. The highest BCUT2D eigenvalue weighted by atomic mass is 14.6. The molecular formula is C16H13N. The fraction of sp³-hybridized carbons (Fsp3) is 0.0625. The average Bonchev–Trinajstić information content (AvgIpc) is 2.38. The van der Waals surface area contributed by atoms with Gasteiger partial charge in [0.05, 0.1) is 6.57 Å². The first-order chi connectivity index (χ1) is 8.24. The van der Waals surface area contributed by atoms with E-state index in [0.29, 0.717) is 5.69 Å². The summed E-state index contributed by atoms with van der Waals surface area (Å²) in [5, 5.41) is 0. The van der Waals surface area contributed by atoms with Crippen molar-refractivity contribution >= 4 is 11.3 Å². The van der Waals surface area contributed by atoms with Crippen LogP contribution in [0.15, 0.2) is 55.1 Å². The Hall–Kier alpha value is -2.33. The fourth-order valence-corrected chi connectivity index (χ4v) is 1.88. The molecule has 1 nitrogen and oxygen atoms in total. The van der Waals surface area contributed by atoms with Gasteiger partial charge in [-0.25, -0.2) is 4.85 Å². The van der Waals surface area contributed by atoms with Crippen LogP contribution in [0.1, 0.15) is 16.7 Å². The number of nitrogens with zero attached hydrogens (tertiary/aromatic N) is 1. The van der Waals surface area contributed by atoms with E-state index in [1.54, 1.807) is 0 Å². The van der Waals surface area contributed by atoms with Crippen molar-refractivity contribution in [3.63, 3.8) is 0 Å². The molecule has 0 unspecified atom stereocenters. The van der Waals surface area contributed by atoms with Gasteiger partial charge in [0.2, 0.25) is 0 Å². The Morgan fingerprint density at radius 2 is 1.59 bits per heavy atom. The highest BCUT2D eigenvalue weighted by molar-refractivity contribution is 5.86. The molecule has 0 fully saturated rings. The van der Waals surface area contributed by atoms with E-state index in [9.17, 15) is 0 Å². The van der Waals surface area contributed by atoms with Gasteiger partial charge in [0.25, 0.3) is 0 Å². The summed E-state index contributed by atoms with van der Waals surface area (Å²) in [7, 11) is 0. The van der Waals surface area contributed by atoms with Crippen LogP contribution in [0, 0.1) is 13.5 Å². The normalized spacial score (nSPS) is 9.65. The number of hydrogen-bond donors (Lipinski definition) is 0. The van der Waals surface area contributed by atoms with E-state index in [0.717, 1.165) is 16.7 Å². The SMILES string of the molecule is [C-]#[N+]c1ccccc1C(=C)c1ccccc1C. The van der Waals surface area contributed by atoms with Gasteiger partial charge in [-0.05, 0) is 29.2 Å². The molecule has 0 aliphatic carbocycles. The molecule has 2 aromatic carbocycles. The van der Waals surface area contributed by atoms with Gasteiger partial charge in [-0.15, -0.1) is 0 Å². The van der Waals surface area contributed by atoms with Crippen LogP contribution in [0.2, 0.25) is 0 Å². The third-order valence-electron chi connectivity index (χ3n) is 2.82. The molecule has 0 saturated carbocycles. The zero-order valence-electron chi connectivity index (χ0n) is 9.77. The predicted molar refractivity (Wildman–Crippen MR) is 72.0 cm³/mol. The van der Waals surface area contributed by atoms with Crippen molar-refractivity contribution < 1.29 is 0 Å². The molecule has 2 aromatic rings. The lowest BCUT2D eigenvalue weighted by Crippen LogP contribution is -1.89. The second kappa shape index (κ2) is 4.67. The highest BCUT2D eigenvalue weighted by Gasteiger charge is 2.08. The highest BCUT2D eigenvalue weighted by Crippen LogP contribution is 2.31. The zero-order valence-corrected chi connectivity index (χ0v) is 9.77. The number of para-hydroxylation sites is 1. The molecule has 0 atom stereocenters. The summed E-state index contributed by atoms with van der Waals surface area (Å²) in [5.41, 5.74) is 4.76. The summed E-state index contributed by atoms with van der Waals surface area (Å²) in [6.07, 6.45) is 0. The van der Waals surface area contributed by atoms with Crippen LogP contribution in [0.4, 0.5) is 5.69 Å². The lowest BCUT2D eigenvalue weighted by molar-refractivity contribution is 1.42. The van der Waals surface area contributed by atoms with Crippen molar-refractivity contribution in [1.82, 2.24) is 0 Å². The van der Waals surface area contributed by atoms with Gasteiger partial charge in [0.15, 0.2) is 5.69 Å². The third-order valence-corrected chi connectivity index (χ3v) is 2.82. The maximum atomic E-state index is 7.18. The van der Waals surface area contributed by atoms with Gasteiger partial charge >= 0.3 is 0 Å². The Morgan fingerprint density at radius 3 is 2.24 bits per heavy atom. The summed E-state index contributed by atoms with van der Waals surface area (Å²) >= 11 is 0. The van der Waals surface area contributed by atoms with Crippen molar-refractivity contribution in [2.45, 2.75) is 6.92 Å². The molecule has 0 saturated heterocycles. The predicted octanol–water partition coefficient (Wildman–Crippen LogP) is 4.61. The fourth-order valence-electron chi connectivity index (χ4n) is 1.88. The van der Waals surface area contributed by atoms with Gasteiger partial charge in [0, 0.05) is 0 Å². The number of aryl methyl sites for hydroxylation is 1. The Balaban J connectivity index is 2.53. The van der Waals surface area contributed by atoms with Crippen molar-refractivity contribution in [2.24, 2.45) is 0 Å². The largest absolute Gasteiger partial charge is 0.238 e. The van der Waals surface area contributed by atoms with Crippen molar-refractivity contribution in [3.8, 4) is 0 Å². The van der Waals surface area contributed by atoms with Crippen LogP contribution in [-0.2, 0) is 0 Å². The molecule has 17 heavy (non-hydrogen) atoms. The van der Waals surface area contributed by atoms with E-state index < -0.39 is 0 Å². The molecule has 0 amide bonds. The standard InChI is InChI=1S/C16H13N/c1-12-8-4-5-9-14(12)13(2)15-10-6-7-11-16(15)17-3/h4-11H,2H2,1H3. The van der Waals surface area contributed by atoms with Crippen molar-refractivity contribution in [3.05, 3.63) is 83.2 Å². The molecule has 0 aromatic heterocycles. The maximum Gasteiger partial charge on any atom is 0.194 e. The maximum absolute atomic E-state index is 7.18. The molecule has 0 aliphatic heterocycles. The van der Waals surface area contributed by atoms with Crippen molar-refractivity contribution in [1.29, 1.82) is 0 Å². The molecule has 0 spiro atoms. The quantitative estimate of drug-likeness (QED) is 0.650. The van der Waals surface area contributed by atoms with Crippen LogP contribution >= 0.6 is 0 Å². The molecule has 1 heteroatoms. The minimum atomic E-state index is 0.653. The Bertz CT molecular complexity index is 603. The van der Waals surface area contributed by atoms with Gasteiger partial charge in [-0.3, -0.25) is 0 Å². The number of benzene rings is 2. The van der Waals surface area contributed by atoms with Gasteiger partial charge < -0.3 is 0 Å². The average molecular weight is 219 g/mol. The minimum absolute atomic E-state index is 0.653. The summed E-state index contributed by atoms with van der Waals surface area (Å²) in [6.45, 7) is 13.4. The second-order valence-electron chi connectivity index (χ2n) is 3.92. The van der Waals surface area contributed by atoms with Crippen LogP contribution in [-0.4, -0.2) is 0 Å². The number of hydrogen-bond acceptors (Lipinski definition) is 0. The number of rotatable bonds is 2. The Kier molecular flexibility index (Phi) is 3.07. The first-order valence-corrected chi connectivity index (χ1v) is 5.46. The summed E-state index contributed by atoms with van der Waals surface area (Å²) in [6, 6.07) is 15.7. The summed E-state index contributed by atoms with van der Waals surface area (Å²) in [5.74, 6) is 0. The van der Waals surface area contributed by atoms with Crippen LogP contribution in [0.25, 0.3) is 10.4 Å². The van der Waals surface area contributed by atoms with E-state index in [1.165, 1.54) is 5.56 Å². The van der Waals surface area contributed by atoms with Crippen LogP contribution < -0.4 is 0 Å². The van der Waals surface area contributed by atoms with Gasteiger partial charge in [0.1, 0.15) is 0 Å². The molecule has 0 heterocycles. The molecular weight excluding hydrogens is 206 g/mol. The minimum Gasteiger partial charge on any atom is -0.238 e.